The summed E-state index contributed by atoms with van der Waals surface area (Å²) in [5, 5.41) is 0.358. The fourth-order valence-electron chi connectivity index (χ4n) is 3.17. The maximum absolute atomic E-state index is 13.2. The van der Waals surface area contributed by atoms with Crippen LogP contribution in [0, 0.1) is 12.7 Å². The molecular weight excluding hydrogens is 468 g/mol. The molecule has 4 nitrogen and oxygen atoms in total. The number of benzene rings is 3. The molecule has 0 N–H and O–H groups in total. The lowest BCUT2D eigenvalue weighted by Crippen LogP contribution is -2.30. The van der Waals surface area contributed by atoms with Crippen LogP contribution < -0.4 is 9.64 Å². The molecule has 0 spiro atoms. The van der Waals surface area contributed by atoms with Gasteiger partial charge >= 0.3 is 6.36 Å². The van der Waals surface area contributed by atoms with Gasteiger partial charge in [0.25, 0.3) is 5.91 Å². The van der Waals surface area contributed by atoms with E-state index in [9.17, 15) is 22.4 Å². The molecule has 0 atom stereocenters. The van der Waals surface area contributed by atoms with Gasteiger partial charge in [-0.3, -0.25) is 9.69 Å². The molecule has 174 valence electrons. The summed E-state index contributed by atoms with van der Waals surface area (Å²) in [6.07, 6.45) is -3.16. The number of halogens is 4. The van der Waals surface area contributed by atoms with E-state index in [0.717, 1.165) is 28.8 Å². The minimum Gasteiger partial charge on any atom is -0.406 e. The van der Waals surface area contributed by atoms with Crippen LogP contribution in [0.1, 0.15) is 16.7 Å². The number of ether oxygens (including phenoxy) is 1. The first-order valence-corrected chi connectivity index (χ1v) is 11.1. The Balaban J connectivity index is 1.63. The third-order valence-electron chi connectivity index (χ3n) is 4.82. The Hall–Kier alpha value is -3.59. The van der Waals surface area contributed by atoms with Crippen molar-refractivity contribution < 1.29 is 27.1 Å². The second-order valence-corrected chi connectivity index (χ2v) is 8.37. The molecule has 3 aromatic rings. The van der Waals surface area contributed by atoms with E-state index in [0.29, 0.717) is 16.6 Å². The van der Waals surface area contributed by atoms with Gasteiger partial charge in [-0.05, 0) is 60.5 Å². The zero-order chi connectivity index (χ0) is 24.3. The van der Waals surface area contributed by atoms with E-state index < -0.39 is 18.0 Å². The van der Waals surface area contributed by atoms with Gasteiger partial charge in [-0.25, -0.2) is 9.38 Å². The number of alkyl halides is 3. The van der Waals surface area contributed by atoms with Crippen molar-refractivity contribution in [2.75, 3.05) is 4.90 Å². The minimum absolute atomic E-state index is 0.195. The Labute approximate surface area is 197 Å². The number of nitrogens with zero attached hydrogens (tertiary/aromatic N) is 2. The number of aliphatic imine (C=N–C) groups is 1. The van der Waals surface area contributed by atoms with Crippen molar-refractivity contribution in [2.24, 2.45) is 4.99 Å². The molecule has 34 heavy (non-hydrogen) atoms. The summed E-state index contributed by atoms with van der Waals surface area (Å²) in [4.78, 5) is 19.1. The Kier molecular flexibility index (Phi) is 6.74. The van der Waals surface area contributed by atoms with Crippen LogP contribution in [0.15, 0.2) is 83.5 Å². The Bertz CT molecular complexity index is 1240. The summed E-state index contributed by atoms with van der Waals surface area (Å²) in [6.45, 7) is 1.95. The topological polar surface area (TPSA) is 41.9 Å². The standard InChI is InChI=1S/C25H18F4N2O2S/c1-16-2-4-17(5-3-16)14-22-23(32)31(20-10-12-21(13-11-20)33-25(27,28)29)24(30-22)34-15-18-6-8-19(26)9-7-18/h2-14H,15H2,1H3/b22-14+. The SMILES string of the molecule is Cc1ccc(/C=C2/N=C(SCc3ccc(F)cc3)N(c3ccc(OC(F)(F)F)cc3)C2=O)cc1. The summed E-state index contributed by atoms with van der Waals surface area (Å²) in [6, 6.07) is 18.5. The molecule has 1 heterocycles. The number of amidine groups is 1. The van der Waals surface area contributed by atoms with E-state index in [2.05, 4.69) is 9.73 Å². The maximum atomic E-state index is 13.2. The highest BCUT2D eigenvalue weighted by Gasteiger charge is 2.33. The molecule has 0 aromatic heterocycles. The molecule has 4 rings (SSSR count). The van der Waals surface area contributed by atoms with Crippen LogP contribution in [0.3, 0.4) is 0 Å². The van der Waals surface area contributed by atoms with Gasteiger partial charge in [-0.1, -0.05) is 53.7 Å². The van der Waals surface area contributed by atoms with Crippen LogP contribution >= 0.6 is 11.8 Å². The van der Waals surface area contributed by atoms with Crippen molar-refractivity contribution in [3.63, 3.8) is 0 Å². The number of anilines is 1. The first-order valence-electron chi connectivity index (χ1n) is 10.1. The van der Waals surface area contributed by atoms with Crippen molar-refractivity contribution in [3.05, 3.63) is 101 Å². The molecule has 9 heteroatoms. The Morgan fingerprint density at radius 2 is 1.62 bits per heavy atom. The molecule has 0 saturated carbocycles. The highest BCUT2D eigenvalue weighted by atomic mass is 32.2. The summed E-state index contributed by atoms with van der Waals surface area (Å²) in [7, 11) is 0. The van der Waals surface area contributed by atoms with Crippen LogP contribution in [-0.4, -0.2) is 17.4 Å². The average molecular weight is 486 g/mol. The number of hydrogen-bond acceptors (Lipinski definition) is 4. The Morgan fingerprint density at radius 1 is 0.971 bits per heavy atom. The normalized spacial score (nSPS) is 15.1. The first kappa shape index (κ1) is 23.6. The van der Waals surface area contributed by atoms with Gasteiger partial charge < -0.3 is 4.74 Å². The van der Waals surface area contributed by atoms with Crippen molar-refractivity contribution in [3.8, 4) is 5.75 Å². The molecule has 0 aliphatic carbocycles. The number of hydrogen-bond donors (Lipinski definition) is 0. The van der Waals surface area contributed by atoms with Gasteiger partial charge in [0.2, 0.25) is 0 Å². The van der Waals surface area contributed by atoms with Crippen LogP contribution in [0.25, 0.3) is 6.08 Å². The number of rotatable bonds is 5. The first-order chi connectivity index (χ1) is 16.2. The smallest absolute Gasteiger partial charge is 0.406 e. The molecule has 0 saturated heterocycles. The van der Waals surface area contributed by atoms with Crippen molar-refractivity contribution in [1.29, 1.82) is 0 Å². The number of aryl methyl sites for hydroxylation is 1. The molecule has 1 amide bonds. The maximum Gasteiger partial charge on any atom is 0.573 e. The number of carbonyl (C=O) groups is 1. The molecular formula is C25H18F4N2O2S. The van der Waals surface area contributed by atoms with Crippen molar-refractivity contribution >= 4 is 34.6 Å². The lowest BCUT2D eigenvalue weighted by atomic mass is 10.1. The zero-order valence-electron chi connectivity index (χ0n) is 17.8. The second kappa shape index (κ2) is 9.72. The van der Waals surface area contributed by atoms with Crippen LogP contribution in [0.4, 0.5) is 23.2 Å². The lowest BCUT2D eigenvalue weighted by molar-refractivity contribution is -0.274. The summed E-state index contributed by atoms with van der Waals surface area (Å²) >= 11 is 1.26. The number of amides is 1. The minimum atomic E-state index is -4.81. The van der Waals surface area contributed by atoms with Crippen molar-refractivity contribution in [1.82, 2.24) is 0 Å². The van der Waals surface area contributed by atoms with E-state index >= 15 is 0 Å². The third kappa shape index (κ3) is 5.85. The highest BCUT2D eigenvalue weighted by molar-refractivity contribution is 8.13. The van der Waals surface area contributed by atoms with E-state index in [1.165, 1.54) is 40.9 Å². The zero-order valence-corrected chi connectivity index (χ0v) is 18.7. The van der Waals surface area contributed by atoms with Gasteiger partial charge in [-0.2, -0.15) is 0 Å². The van der Waals surface area contributed by atoms with Crippen LogP contribution in [-0.2, 0) is 10.5 Å². The van der Waals surface area contributed by atoms with Crippen molar-refractivity contribution in [2.45, 2.75) is 19.0 Å². The predicted molar refractivity (Wildman–Crippen MR) is 125 cm³/mol. The molecule has 0 bridgehead atoms. The van der Waals surface area contributed by atoms with Crippen LogP contribution in [0.2, 0.25) is 0 Å². The number of carbonyl (C=O) groups excluding carboxylic acids is 1. The van der Waals surface area contributed by atoms with E-state index in [1.807, 2.05) is 31.2 Å². The molecule has 1 aliphatic heterocycles. The van der Waals surface area contributed by atoms with E-state index in [1.54, 1.807) is 18.2 Å². The third-order valence-corrected chi connectivity index (χ3v) is 5.83. The predicted octanol–water partition coefficient (Wildman–Crippen LogP) is 6.71. The van der Waals surface area contributed by atoms with Gasteiger partial charge in [-0.15, -0.1) is 13.2 Å². The number of thioether (sulfide) groups is 1. The molecule has 0 fully saturated rings. The molecule has 0 radical (unpaired) electrons. The fraction of sp³-hybridized carbons (Fsp3) is 0.120. The molecule has 3 aromatic carbocycles. The van der Waals surface area contributed by atoms with Gasteiger partial charge in [0.1, 0.15) is 17.3 Å². The molecule has 0 unspecified atom stereocenters. The van der Waals surface area contributed by atoms with Gasteiger partial charge in [0.05, 0.1) is 5.69 Å². The van der Waals surface area contributed by atoms with Gasteiger partial charge in [0.15, 0.2) is 5.17 Å². The summed E-state index contributed by atoms with van der Waals surface area (Å²) < 4.78 is 54.6. The fourth-order valence-corrected chi connectivity index (χ4v) is 4.14. The second-order valence-electron chi connectivity index (χ2n) is 7.43. The monoisotopic (exact) mass is 486 g/mol. The average Bonchev–Trinajstić information content (AvgIpc) is 3.09. The quantitative estimate of drug-likeness (QED) is 0.297. The van der Waals surface area contributed by atoms with Crippen LogP contribution in [0.5, 0.6) is 5.75 Å². The largest absolute Gasteiger partial charge is 0.573 e. The van der Waals surface area contributed by atoms with Gasteiger partial charge in [0, 0.05) is 5.75 Å². The molecule has 1 aliphatic rings. The Morgan fingerprint density at radius 3 is 2.24 bits per heavy atom. The summed E-state index contributed by atoms with van der Waals surface area (Å²) in [5.74, 6) is -0.744. The lowest BCUT2D eigenvalue weighted by Gasteiger charge is -2.18. The van der Waals surface area contributed by atoms with E-state index in [4.69, 9.17) is 0 Å². The summed E-state index contributed by atoms with van der Waals surface area (Å²) in [5.41, 5.74) is 3.22. The van der Waals surface area contributed by atoms with E-state index in [-0.39, 0.29) is 11.5 Å². The highest BCUT2D eigenvalue weighted by Crippen LogP contribution is 2.33.